The highest BCUT2D eigenvalue weighted by Gasteiger charge is 2.18. The van der Waals surface area contributed by atoms with Gasteiger partial charge in [0.05, 0.1) is 11.3 Å². The third-order valence-corrected chi connectivity index (χ3v) is 3.56. The highest BCUT2D eigenvalue weighted by molar-refractivity contribution is 7.99. The van der Waals surface area contributed by atoms with Gasteiger partial charge in [-0.1, -0.05) is 6.07 Å². The van der Waals surface area contributed by atoms with Gasteiger partial charge in [-0.05, 0) is 12.1 Å². The highest BCUT2D eigenvalue weighted by Crippen LogP contribution is 2.25. The molecule has 1 aliphatic heterocycles. The maximum absolute atomic E-state index is 13.6. The monoisotopic (exact) mass is 239 g/mol. The number of nitrogens with one attached hydrogen (secondary N) is 1. The van der Waals surface area contributed by atoms with Crippen LogP contribution in [0.5, 0.6) is 0 Å². The van der Waals surface area contributed by atoms with Crippen LogP contribution in [0.4, 0.5) is 10.1 Å². The van der Waals surface area contributed by atoms with Crippen molar-refractivity contribution >= 4 is 23.3 Å². The number of anilines is 1. The van der Waals surface area contributed by atoms with E-state index in [9.17, 15) is 4.39 Å². The maximum atomic E-state index is 13.6. The van der Waals surface area contributed by atoms with E-state index in [0.717, 1.165) is 30.3 Å². The van der Waals surface area contributed by atoms with Crippen molar-refractivity contribution in [1.29, 1.82) is 5.41 Å². The van der Waals surface area contributed by atoms with Gasteiger partial charge in [-0.25, -0.2) is 4.39 Å². The highest BCUT2D eigenvalue weighted by atomic mass is 32.2. The van der Waals surface area contributed by atoms with E-state index in [1.807, 2.05) is 17.8 Å². The summed E-state index contributed by atoms with van der Waals surface area (Å²) in [4.78, 5) is 2.09. The van der Waals surface area contributed by atoms with Crippen LogP contribution in [0, 0.1) is 11.2 Å². The zero-order valence-corrected chi connectivity index (χ0v) is 9.69. The largest absolute Gasteiger partial charge is 0.384 e. The average molecular weight is 239 g/mol. The van der Waals surface area contributed by atoms with E-state index in [0.29, 0.717) is 0 Å². The number of amidine groups is 1. The fourth-order valence-corrected chi connectivity index (χ4v) is 2.75. The Morgan fingerprint density at radius 2 is 2.06 bits per heavy atom. The van der Waals surface area contributed by atoms with Gasteiger partial charge in [0.15, 0.2) is 0 Å². The van der Waals surface area contributed by atoms with Crippen molar-refractivity contribution in [1.82, 2.24) is 0 Å². The predicted molar refractivity (Wildman–Crippen MR) is 67.0 cm³/mol. The molecule has 1 fully saturated rings. The standard InChI is InChI=1S/C11H14FN3S/c12-8-2-1-3-9(10(8)11(13)14)15-4-6-16-7-5-15/h1-3H,4-7H2,(H3,13,14). The van der Waals surface area contributed by atoms with Gasteiger partial charge in [0, 0.05) is 24.6 Å². The summed E-state index contributed by atoms with van der Waals surface area (Å²) in [6, 6.07) is 4.84. The topological polar surface area (TPSA) is 53.1 Å². The van der Waals surface area contributed by atoms with Crippen molar-refractivity contribution in [3.63, 3.8) is 0 Å². The zero-order chi connectivity index (χ0) is 11.5. The van der Waals surface area contributed by atoms with Crippen molar-refractivity contribution in [3.05, 3.63) is 29.6 Å². The normalized spacial score (nSPS) is 16.2. The van der Waals surface area contributed by atoms with Crippen LogP contribution in [0.3, 0.4) is 0 Å². The number of nitrogen functional groups attached to an aromatic ring is 1. The Labute approximate surface area is 98.3 Å². The molecule has 0 bridgehead atoms. The molecule has 3 nitrogen and oxygen atoms in total. The fraction of sp³-hybridized carbons (Fsp3) is 0.364. The van der Waals surface area contributed by atoms with Crippen molar-refractivity contribution in [2.75, 3.05) is 29.5 Å². The molecule has 3 N–H and O–H groups in total. The molecule has 1 aromatic carbocycles. The molecule has 16 heavy (non-hydrogen) atoms. The van der Waals surface area contributed by atoms with Crippen LogP contribution in [-0.2, 0) is 0 Å². The predicted octanol–water partition coefficient (Wildman–Crippen LogP) is 1.66. The Morgan fingerprint density at radius 3 is 2.69 bits per heavy atom. The molecule has 0 saturated carbocycles. The van der Waals surface area contributed by atoms with E-state index in [4.69, 9.17) is 11.1 Å². The summed E-state index contributed by atoms with van der Waals surface area (Å²) >= 11 is 1.89. The number of hydrogen-bond acceptors (Lipinski definition) is 3. The molecule has 5 heteroatoms. The average Bonchev–Trinajstić information content (AvgIpc) is 2.29. The number of nitrogens with two attached hydrogens (primary N) is 1. The van der Waals surface area contributed by atoms with Crippen LogP contribution in [-0.4, -0.2) is 30.4 Å². The molecule has 0 aliphatic carbocycles. The molecule has 2 rings (SSSR count). The molecule has 86 valence electrons. The summed E-state index contributed by atoms with van der Waals surface area (Å²) in [5, 5.41) is 7.44. The fourth-order valence-electron chi connectivity index (χ4n) is 1.85. The number of thioether (sulfide) groups is 1. The third kappa shape index (κ3) is 2.14. The first-order chi connectivity index (χ1) is 7.70. The first kappa shape index (κ1) is 11.3. The minimum atomic E-state index is -0.414. The molecule has 0 radical (unpaired) electrons. The van der Waals surface area contributed by atoms with E-state index in [1.54, 1.807) is 6.07 Å². The van der Waals surface area contributed by atoms with Crippen molar-refractivity contribution in [3.8, 4) is 0 Å². The quantitative estimate of drug-likeness (QED) is 0.609. The van der Waals surface area contributed by atoms with Gasteiger partial charge in [0.2, 0.25) is 0 Å². The second-order valence-electron chi connectivity index (χ2n) is 3.65. The van der Waals surface area contributed by atoms with Gasteiger partial charge in [-0.3, -0.25) is 5.41 Å². The lowest BCUT2D eigenvalue weighted by Crippen LogP contribution is -2.34. The summed E-state index contributed by atoms with van der Waals surface area (Å²) in [5.74, 6) is 1.45. The first-order valence-electron chi connectivity index (χ1n) is 5.16. The molecular weight excluding hydrogens is 225 g/mol. The molecule has 1 saturated heterocycles. The molecule has 1 heterocycles. The van der Waals surface area contributed by atoms with E-state index < -0.39 is 5.82 Å². The van der Waals surface area contributed by atoms with E-state index in [-0.39, 0.29) is 11.4 Å². The Hall–Kier alpha value is -1.23. The third-order valence-electron chi connectivity index (χ3n) is 2.61. The Morgan fingerprint density at radius 1 is 1.38 bits per heavy atom. The van der Waals surface area contributed by atoms with E-state index >= 15 is 0 Å². The summed E-state index contributed by atoms with van der Waals surface area (Å²) in [6.07, 6.45) is 0. The van der Waals surface area contributed by atoms with Crippen LogP contribution in [0.25, 0.3) is 0 Å². The van der Waals surface area contributed by atoms with Crippen LogP contribution >= 0.6 is 11.8 Å². The lowest BCUT2D eigenvalue weighted by atomic mass is 10.1. The summed E-state index contributed by atoms with van der Waals surface area (Å²) in [7, 11) is 0. The molecule has 0 unspecified atom stereocenters. The van der Waals surface area contributed by atoms with Gasteiger partial charge < -0.3 is 10.6 Å². The van der Waals surface area contributed by atoms with Gasteiger partial charge in [-0.15, -0.1) is 0 Å². The molecule has 0 spiro atoms. The number of rotatable bonds is 2. The smallest absolute Gasteiger partial charge is 0.136 e. The number of hydrogen-bond donors (Lipinski definition) is 2. The minimum absolute atomic E-state index is 0.202. The molecule has 0 atom stereocenters. The molecule has 1 aromatic rings. The van der Waals surface area contributed by atoms with Crippen molar-refractivity contribution in [2.45, 2.75) is 0 Å². The van der Waals surface area contributed by atoms with E-state index in [2.05, 4.69) is 4.90 Å². The Bertz CT molecular complexity index is 402. The summed E-state index contributed by atoms with van der Waals surface area (Å²) < 4.78 is 13.6. The van der Waals surface area contributed by atoms with E-state index in [1.165, 1.54) is 6.07 Å². The van der Waals surface area contributed by atoms with Crippen molar-refractivity contribution < 1.29 is 4.39 Å². The van der Waals surface area contributed by atoms with Gasteiger partial charge >= 0.3 is 0 Å². The molecule has 0 amide bonds. The molecular formula is C11H14FN3S. The van der Waals surface area contributed by atoms with Gasteiger partial charge in [-0.2, -0.15) is 11.8 Å². The zero-order valence-electron chi connectivity index (χ0n) is 8.87. The molecule has 1 aliphatic rings. The van der Waals surface area contributed by atoms with Crippen molar-refractivity contribution in [2.24, 2.45) is 5.73 Å². The second-order valence-corrected chi connectivity index (χ2v) is 4.87. The van der Waals surface area contributed by atoms with Crippen LogP contribution in [0.15, 0.2) is 18.2 Å². The lowest BCUT2D eigenvalue weighted by molar-refractivity contribution is 0.623. The first-order valence-corrected chi connectivity index (χ1v) is 6.31. The maximum Gasteiger partial charge on any atom is 0.136 e. The molecule has 0 aromatic heterocycles. The van der Waals surface area contributed by atoms with Gasteiger partial charge in [0.1, 0.15) is 11.7 Å². The summed E-state index contributed by atoms with van der Waals surface area (Å²) in [5.41, 5.74) is 6.41. The Kier molecular flexibility index (Phi) is 3.33. The number of nitrogens with zero attached hydrogens (tertiary/aromatic N) is 1. The van der Waals surface area contributed by atoms with Crippen LogP contribution in [0.2, 0.25) is 0 Å². The lowest BCUT2D eigenvalue weighted by Gasteiger charge is -2.30. The summed E-state index contributed by atoms with van der Waals surface area (Å²) in [6.45, 7) is 1.77. The van der Waals surface area contributed by atoms with Gasteiger partial charge in [0.25, 0.3) is 0 Å². The minimum Gasteiger partial charge on any atom is -0.384 e. The SMILES string of the molecule is N=C(N)c1c(F)cccc1N1CCSCC1. The number of benzene rings is 1. The Balaban J connectivity index is 2.38. The number of halogens is 1. The van der Waals surface area contributed by atoms with Crippen LogP contribution in [0.1, 0.15) is 5.56 Å². The second kappa shape index (κ2) is 4.74. The van der Waals surface area contributed by atoms with Crippen LogP contribution < -0.4 is 10.6 Å².